The van der Waals surface area contributed by atoms with Crippen LogP contribution in [0, 0.1) is 6.92 Å². The van der Waals surface area contributed by atoms with Gasteiger partial charge in [0.2, 0.25) is 0 Å². The van der Waals surface area contributed by atoms with Crippen LogP contribution in [0.3, 0.4) is 0 Å². The number of halogens is 3. The molecular weight excluding hydrogens is 507 g/mol. The Morgan fingerprint density at radius 3 is 2.38 bits per heavy atom. The number of carbonyl (C=O) groups excluding carboxylic acids is 1. The van der Waals surface area contributed by atoms with Gasteiger partial charge in [0, 0.05) is 55.0 Å². The molecule has 1 aliphatic heterocycles. The number of carbonyl (C=O) groups is 1. The molecule has 1 amide bonds. The summed E-state index contributed by atoms with van der Waals surface area (Å²) in [5, 5.41) is 6.31. The molecule has 0 spiro atoms. The van der Waals surface area contributed by atoms with Crippen molar-refractivity contribution in [1.29, 1.82) is 0 Å². The van der Waals surface area contributed by atoms with Gasteiger partial charge in [-0.2, -0.15) is 13.2 Å². The van der Waals surface area contributed by atoms with Crippen LogP contribution in [0.5, 0.6) is 0 Å². The highest BCUT2D eigenvalue weighted by atomic mass is 19.4. The van der Waals surface area contributed by atoms with Crippen molar-refractivity contribution >= 4 is 23.4 Å². The zero-order valence-electron chi connectivity index (χ0n) is 21.1. The second kappa shape index (κ2) is 11.1. The van der Waals surface area contributed by atoms with Gasteiger partial charge < -0.3 is 15.5 Å². The molecule has 5 heterocycles. The molecule has 4 aromatic heterocycles. The van der Waals surface area contributed by atoms with Gasteiger partial charge in [0.25, 0.3) is 5.91 Å². The summed E-state index contributed by atoms with van der Waals surface area (Å²) < 4.78 is 39.1. The molecule has 2 N–H and O–H groups in total. The van der Waals surface area contributed by atoms with E-state index in [1.165, 1.54) is 0 Å². The Hall–Kier alpha value is -4.54. The second-order valence-electron chi connectivity index (χ2n) is 9.35. The minimum atomic E-state index is -4.46. The number of aromatic nitrogens is 4. The number of piperidine rings is 1. The lowest BCUT2D eigenvalue weighted by Crippen LogP contribution is -2.42. The molecule has 0 aliphatic carbocycles. The summed E-state index contributed by atoms with van der Waals surface area (Å²) in [4.78, 5) is 31.5. The molecule has 11 heteroatoms. The van der Waals surface area contributed by atoms with Crippen LogP contribution in [0.4, 0.5) is 30.6 Å². The third kappa shape index (κ3) is 6.49. The van der Waals surface area contributed by atoms with Gasteiger partial charge in [0.15, 0.2) is 0 Å². The van der Waals surface area contributed by atoms with E-state index in [1.807, 2.05) is 30.0 Å². The highest BCUT2D eigenvalue weighted by Crippen LogP contribution is 2.31. The van der Waals surface area contributed by atoms with E-state index in [0.29, 0.717) is 30.2 Å². The van der Waals surface area contributed by atoms with E-state index in [4.69, 9.17) is 0 Å². The Kier molecular flexibility index (Phi) is 7.40. The van der Waals surface area contributed by atoms with Crippen LogP contribution in [-0.2, 0) is 6.18 Å². The van der Waals surface area contributed by atoms with E-state index in [1.54, 1.807) is 36.8 Å². The van der Waals surface area contributed by atoms with Gasteiger partial charge in [0.05, 0.1) is 11.3 Å². The third-order valence-corrected chi connectivity index (χ3v) is 6.43. The van der Waals surface area contributed by atoms with E-state index in [0.717, 1.165) is 48.1 Å². The van der Waals surface area contributed by atoms with E-state index >= 15 is 0 Å². The first kappa shape index (κ1) is 26.1. The molecule has 0 bridgehead atoms. The Labute approximate surface area is 223 Å². The van der Waals surface area contributed by atoms with Crippen LogP contribution >= 0.6 is 0 Å². The minimum absolute atomic E-state index is 0.0154. The summed E-state index contributed by atoms with van der Waals surface area (Å²) in [6.07, 6.45) is 3.21. The van der Waals surface area contributed by atoms with Crippen LogP contribution < -0.4 is 10.6 Å². The van der Waals surface area contributed by atoms with Crippen LogP contribution in [0.1, 0.15) is 34.3 Å². The predicted molar refractivity (Wildman–Crippen MR) is 142 cm³/mol. The van der Waals surface area contributed by atoms with Gasteiger partial charge in [-0.05, 0) is 73.9 Å². The van der Waals surface area contributed by atoms with Crippen LogP contribution in [-0.4, -0.2) is 49.9 Å². The van der Waals surface area contributed by atoms with Gasteiger partial charge in [-0.1, -0.05) is 0 Å². The van der Waals surface area contributed by atoms with E-state index in [-0.39, 0.29) is 17.8 Å². The monoisotopic (exact) mass is 533 g/mol. The average Bonchev–Trinajstić information content (AvgIpc) is 2.93. The molecule has 8 nitrogen and oxygen atoms in total. The number of nitrogens with one attached hydrogen (secondary N) is 2. The Bertz CT molecular complexity index is 1440. The largest absolute Gasteiger partial charge is 0.416 e. The fourth-order valence-corrected chi connectivity index (χ4v) is 4.43. The van der Waals surface area contributed by atoms with Crippen molar-refractivity contribution in [2.75, 3.05) is 23.7 Å². The minimum Gasteiger partial charge on any atom is -0.367 e. The molecule has 0 atom stereocenters. The molecule has 0 saturated carbocycles. The smallest absolute Gasteiger partial charge is 0.367 e. The molecular formula is C28H26F3N7O. The maximum Gasteiger partial charge on any atom is 0.416 e. The standard InChI is InChI=1S/C28H26F3N7O/c1-18-14-23(36-26(15-18)37-25-16-21(6-11-33-25)28(29,30)31)20-2-3-24(34-17-20)35-22-7-12-38(13-8-22)27(39)19-4-9-32-10-5-19/h2-6,9-11,14-17,22H,7-8,12-13H2,1H3,(H,34,35)(H,33,36,37). The molecule has 1 saturated heterocycles. The first-order chi connectivity index (χ1) is 18.7. The number of hydrogen-bond donors (Lipinski definition) is 2. The SMILES string of the molecule is Cc1cc(Nc2cc(C(F)(F)F)ccn2)nc(-c2ccc(NC3CCN(C(=O)c4ccncc4)CC3)nc2)c1. The van der Waals surface area contributed by atoms with Crippen LogP contribution in [0.25, 0.3) is 11.3 Å². The summed E-state index contributed by atoms with van der Waals surface area (Å²) in [6, 6.07) is 12.9. The zero-order valence-corrected chi connectivity index (χ0v) is 21.1. The average molecular weight is 534 g/mol. The molecule has 1 fully saturated rings. The Balaban J connectivity index is 1.21. The summed E-state index contributed by atoms with van der Waals surface area (Å²) in [6.45, 7) is 3.19. The molecule has 0 radical (unpaired) electrons. The van der Waals surface area contributed by atoms with Crippen LogP contribution in [0.2, 0.25) is 0 Å². The van der Waals surface area contributed by atoms with E-state index < -0.39 is 11.7 Å². The van der Waals surface area contributed by atoms with Gasteiger partial charge in [-0.15, -0.1) is 0 Å². The Morgan fingerprint density at radius 1 is 0.923 bits per heavy atom. The molecule has 0 aromatic carbocycles. The molecule has 0 unspecified atom stereocenters. The lowest BCUT2D eigenvalue weighted by atomic mass is 10.0. The molecule has 4 aromatic rings. The number of amides is 1. The van der Waals surface area contributed by atoms with Crippen molar-refractivity contribution < 1.29 is 18.0 Å². The van der Waals surface area contributed by atoms with Gasteiger partial charge >= 0.3 is 6.18 Å². The number of anilines is 3. The number of aryl methyl sites for hydroxylation is 1. The molecule has 1 aliphatic rings. The highest BCUT2D eigenvalue weighted by molar-refractivity contribution is 5.94. The summed E-state index contributed by atoms with van der Waals surface area (Å²) >= 11 is 0. The number of likely N-dealkylation sites (tertiary alicyclic amines) is 1. The maximum atomic E-state index is 13.0. The van der Waals surface area contributed by atoms with Crippen molar-refractivity contribution in [2.24, 2.45) is 0 Å². The topological polar surface area (TPSA) is 95.9 Å². The molecule has 5 rings (SSSR count). The first-order valence-electron chi connectivity index (χ1n) is 12.5. The Morgan fingerprint density at radius 2 is 1.69 bits per heavy atom. The van der Waals surface area contributed by atoms with E-state index in [9.17, 15) is 18.0 Å². The molecule has 200 valence electrons. The number of rotatable bonds is 6. The third-order valence-electron chi connectivity index (χ3n) is 6.43. The lowest BCUT2D eigenvalue weighted by molar-refractivity contribution is -0.137. The van der Waals surface area contributed by atoms with Crippen molar-refractivity contribution in [2.45, 2.75) is 32.0 Å². The normalized spacial score (nSPS) is 14.2. The van der Waals surface area contributed by atoms with E-state index in [2.05, 4.69) is 30.6 Å². The van der Waals surface area contributed by atoms with Crippen molar-refractivity contribution in [3.8, 4) is 11.3 Å². The summed E-state index contributed by atoms with van der Waals surface area (Å²) in [5.74, 6) is 1.17. The van der Waals surface area contributed by atoms with Gasteiger partial charge in [-0.25, -0.2) is 15.0 Å². The number of nitrogens with zero attached hydrogens (tertiary/aromatic N) is 5. The number of alkyl halides is 3. The van der Waals surface area contributed by atoms with Gasteiger partial charge in [0.1, 0.15) is 17.5 Å². The number of pyridine rings is 4. The lowest BCUT2D eigenvalue weighted by Gasteiger charge is -2.32. The highest BCUT2D eigenvalue weighted by Gasteiger charge is 2.30. The molecule has 39 heavy (non-hydrogen) atoms. The van der Waals surface area contributed by atoms with Gasteiger partial charge in [-0.3, -0.25) is 9.78 Å². The summed E-state index contributed by atoms with van der Waals surface area (Å²) in [7, 11) is 0. The van der Waals surface area contributed by atoms with Crippen molar-refractivity contribution in [1.82, 2.24) is 24.8 Å². The predicted octanol–water partition coefficient (Wildman–Crippen LogP) is 5.72. The zero-order chi connectivity index (χ0) is 27.4. The fourth-order valence-electron chi connectivity index (χ4n) is 4.43. The number of hydrogen-bond acceptors (Lipinski definition) is 7. The van der Waals surface area contributed by atoms with Crippen LogP contribution in [0.15, 0.2) is 73.3 Å². The first-order valence-corrected chi connectivity index (χ1v) is 12.5. The maximum absolute atomic E-state index is 13.0. The fraction of sp³-hybridized carbons (Fsp3) is 0.250. The van der Waals surface area contributed by atoms with Crippen molar-refractivity contribution in [3.05, 3.63) is 90.0 Å². The summed E-state index contributed by atoms with van der Waals surface area (Å²) in [5.41, 5.74) is 2.13. The quantitative estimate of drug-likeness (QED) is 0.327. The second-order valence-corrected chi connectivity index (χ2v) is 9.35. The van der Waals surface area contributed by atoms with Crippen molar-refractivity contribution in [3.63, 3.8) is 0 Å².